The van der Waals surface area contributed by atoms with Crippen LogP contribution in [-0.2, 0) is 13.0 Å². The SMILES string of the molecule is Cc1cc(C(=O)N(C(=O)N2CCc3ccccc3C2)c2ccccc2)n[nH]1. The summed E-state index contributed by atoms with van der Waals surface area (Å²) >= 11 is 0. The molecule has 0 spiro atoms. The highest BCUT2D eigenvalue weighted by molar-refractivity contribution is 6.20. The maximum atomic E-state index is 13.3. The molecule has 0 saturated carbocycles. The Labute approximate surface area is 157 Å². The van der Waals surface area contributed by atoms with Crippen molar-refractivity contribution in [2.24, 2.45) is 0 Å². The number of hydrogen-bond acceptors (Lipinski definition) is 3. The average molecular weight is 360 g/mol. The molecule has 3 amide bonds. The Kier molecular flexibility index (Phi) is 4.46. The number of nitrogens with one attached hydrogen (secondary N) is 1. The number of aromatic amines is 1. The lowest BCUT2D eigenvalue weighted by molar-refractivity contribution is 0.0979. The molecule has 4 rings (SSSR count). The number of anilines is 1. The summed E-state index contributed by atoms with van der Waals surface area (Å²) in [5.41, 5.74) is 3.90. The maximum Gasteiger partial charge on any atom is 0.331 e. The summed E-state index contributed by atoms with van der Waals surface area (Å²) in [6.45, 7) is 2.89. The number of H-pyrrole nitrogens is 1. The van der Waals surface area contributed by atoms with Gasteiger partial charge in [-0.3, -0.25) is 9.89 Å². The lowest BCUT2D eigenvalue weighted by atomic mass is 10.0. The summed E-state index contributed by atoms with van der Waals surface area (Å²) in [4.78, 5) is 29.3. The van der Waals surface area contributed by atoms with Gasteiger partial charge in [-0.2, -0.15) is 5.10 Å². The molecule has 0 saturated heterocycles. The third-order valence-corrected chi connectivity index (χ3v) is 4.73. The van der Waals surface area contributed by atoms with E-state index in [2.05, 4.69) is 16.3 Å². The molecule has 6 heteroatoms. The first-order chi connectivity index (χ1) is 13.1. The Morgan fingerprint density at radius 1 is 1.04 bits per heavy atom. The molecule has 2 aromatic carbocycles. The predicted octanol–water partition coefficient (Wildman–Crippen LogP) is 3.54. The molecule has 1 N–H and O–H groups in total. The highest BCUT2D eigenvalue weighted by atomic mass is 16.2. The van der Waals surface area contributed by atoms with Gasteiger partial charge in [-0.15, -0.1) is 0 Å². The molecule has 1 aliphatic rings. The molecule has 136 valence electrons. The van der Waals surface area contributed by atoms with Crippen LogP contribution in [0.25, 0.3) is 0 Å². The second-order valence-electron chi connectivity index (χ2n) is 6.64. The standard InChI is InChI=1S/C21H20N4O2/c1-15-13-19(23-22-15)20(26)25(18-9-3-2-4-10-18)21(27)24-12-11-16-7-5-6-8-17(16)14-24/h2-10,13H,11-12,14H2,1H3,(H,22,23). The number of rotatable bonds is 2. The second kappa shape index (κ2) is 7.07. The number of aromatic nitrogens is 2. The molecule has 0 atom stereocenters. The van der Waals surface area contributed by atoms with Crippen molar-refractivity contribution in [3.05, 3.63) is 83.2 Å². The zero-order chi connectivity index (χ0) is 18.8. The van der Waals surface area contributed by atoms with Crippen molar-refractivity contribution in [3.8, 4) is 0 Å². The van der Waals surface area contributed by atoms with E-state index in [9.17, 15) is 9.59 Å². The van der Waals surface area contributed by atoms with Gasteiger partial charge in [0.2, 0.25) is 0 Å². The van der Waals surface area contributed by atoms with Crippen molar-refractivity contribution >= 4 is 17.6 Å². The average Bonchev–Trinajstić information content (AvgIpc) is 3.15. The zero-order valence-corrected chi connectivity index (χ0v) is 15.1. The first-order valence-corrected chi connectivity index (χ1v) is 8.90. The van der Waals surface area contributed by atoms with Gasteiger partial charge >= 0.3 is 6.03 Å². The van der Waals surface area contributed by atoms with E-state index in [1.54, 1.807) is 23.1 Å². The van der Waals surface area contributed by atoms with Crippen molar-refractivity contribution in [3.63, 3.8) is 0 Å². The number of amides is 3. The van der Waals surface area contributed by atoms with Crippen LogP contribution in [0.3, 0.4) is 0 Å². The number of para-hydroxylation sites is 1. The molecule has 0 aliphatic carbocycles. The third-order valence-electron chi connectivity index (χ3n) is 4.73. The lowest BCUT2D eigenvalue weighted by Crippen LogP contribution is -2.48. The van der Waals surface area contributed by atoms with Gasteiger partial charge in [0.1, 0.15) is 0 Å². The first-order valence-electron chi connectivity index (χ1n) is 8.90. The number of imide groups is 1. The van der Waals surface area contributed by atoms with E-state index in [4.69, 9.17) is 0 Å². The fourth-order valence-corrected chi connectivity index (χ4v) is 3.33. The van der Waals surface area contributed by atoms with Gasteiger partial charge in [0, 0.05) is 18.8 Å². The van der Waals surface area contributed by atoms with Crippen molar-refractivity contribution < 1.29 is 9.59 Å². The number of nitrogens with zero attached hydrogens (tertiary/aromatic N) is 3. The van der Waals surface area contributed by atoms with Gasteiger partial charge in [0.05, 0.1) is 5.69 Å². The van der Waals surface area contributed by atoms with Gasteiger partial charge in [-0.25, -0.2) is 9.69 Å². The van der Waals surface area contributed by atoms with Crippen LogP contribution in [0.4, 0.5) is 10.5 Å². The van der Waals surface area contributed by atoms with E-state index in [1.807, 2.05) is 43.3 Å². The number of urea groups is 1. The van der Waals surface area contributed by atoms with Crippen molar-refractivity contribution in [2.45, 2.75) is 19.9 Å². The molecule has 0 fully saturated rings. The van der Waals surface area contributed by atoms with Gasteiger partial charge < -0.3 is 4.90 Å². The highest BCUT2D eigenvalue weighted by Gasteiger charge is 2.31. The van der Waals surface area contributed by atoms with E-state index in [0.717, 1.165) is 17.7 Å². The molecule has 0 bridgehead atoms. The van der Waals surface area contributed by atoms with E-state index in [1.165, 1.54) is 10.5 Å². The third kappa shape index (κ3) is 3.33. The van der Waals surface area contributed by atoms with E-state index in [-0.39, 0.29) is 11.7 Å². The Morgan fingerprint density at radius 3 is 2.44 bits per heavy atom. The highest BCUT2D eigenvalue weighted by Crippen LogP contribution is 2.23. The molecule has 27 heavy (non-hydrogen) atoms. The molecular weight excluding hydrogens is 340 g/mol. The van der Waals surface area contributed by atoms with Crippen LogP contribution in [0.2, 0.25) is 0 Å². The van der Waals surface area contributed by atoms with Gasteiger partial charge in [-0.1, -0.05) is 42.5 Å². The van der Waals surface area contributed by atoms with E-state index in [0.29, 0.717) is 18.8 Å². The largest absolute Gasteiger partial charge is 0.331 e. The van der Waals surface area contributed by atoms with Crippen LogP contribution >= 0.6 is 0 Å². The number of aryl methyl sites for hydroxylation is 1. The summed E-state index contributed by atoms with van der Waals surface area (Å²) in [6.07, 6.45) is 0.778. The van der Waals surface area contributed by atoms with Crippen LogP contribution in [-0.4, -0.2) is 33.6 Å². The maximum absolute atomic E-state index is 13.3. The fraction of sp³-hybridized carbons (Fsp3) is 0.190. The normalized spacial score (nSPS) is 13.1. The van der Waals surface area contributed by atoms with Crippen LogP contribution in [0, 0.1) is 6.92 Å². The minimum Gasteiger partial charge on any atom is -0.319 e. The molecule has 0 radical (unpaired) electrons. The second-order valence-corrected chi connectivity index (χ2v) is 6.64. The summed E-state index contributed by atoms with van der Waals surface area (Å²) in [5.74, 6) is -0.436. The molecule has 2 heterocycles. The number of carbonyl (C=O) groups is 2. The number of carbonyl (C=O) groups excluding carboxylic acids is 2. The van der Waals surface area contributed by atoms with Gasteiger partial charge in [-0.05, 0) is 42.7 Å². The lowest BCUT2D eigenvalue weighted by Gasteiger charge is -2.32. The molecular formula is C21H20N4O2. The minimum atomic E-state index is -0.436. The van der Waals surface area contributed by atoms with Crippen LogP contribution in [0.1, 0.15) is 27.3 Å². The number of fused-ring (bicyclic) bond motifs is 1. The van der Waals surface area contributed by atoms with Gasteiger partial charge in [0.15, 0.2) is 5.69 Å². The van der Waals surface area contributed by atoms with Crippen molar-refractivity contribution in [1.82, 2.24) is 15.1 Å². The van der Waals surface area contributed by atoms with E-state index < -0.39 is 5.91 Å². The molecule has 1 aliphatic heterocycles. The topological polar surface area (TPSA) is 69.3 Å². The Balaban J connectivity index is 1.67. The first kappa shape index (κ1) is 17.0. The Hall–Kier alpha value is -3.41. The fourth-order valence-electron chi connectivity index (χ4n) is 3.33. The summed E-state index contributed by atoms with van der Waals surface area (Å²) in [6, 6.07) is 18.4. The Morgan fingerprint density at radius 2 is 1.74 bits per heavy atom. The molecule has 1 aromatic heterocycles. The predicted molar refractivity (Wildman–Crippen MR) is 103 cm³/mol. The monoisotopic (exact) mass is 360 g/mol. The molecule has 6 nitrogen and oxygen atoms in total. The van der Waals surface area contributed by atoms with Crippen LogP contribution < -0.4 is 4.90 Å². The minimum absolute atomic E-state index is 0.224. The quantitative estimate of drug-likeness (QED) is 0.760. The van der Waals surface area contributed by atoms with Crippen LogP contribution in [0.5, 0.6) is 0 Å². The van der Waals surface area contributed by atoms with Crippen molar-refractivity contribution in [2.75, 3.05) is 11.4 Å². The number of benzene rings is 2. The summed E-state index contributed by atoms with van der Waals surface area (Å²) < 4.78 is 0. The zero-order valence-electron chi connectivity index (χ0n) is 15.1. The van der Waals surface area contributed by atoms with E-state index >= 15 is 0 Å². The molecule has 0 unspecified atom stereocenters. The van der Waals surface area contributed by atoms with Crippen LogP contribution in [0.15, 0.2) is 60.7 Å². The molecule has 3 aromatic rings. The Bertz CT molecular complexity index is 981. The summed E-state index contributed by atoms with van der Waals surface area (Å²) in [5, 5.41) is 6.80. The smallest absolute Gasteiger partial charge is 0.319 e. The summed E-state index contributed by atoms with van der Waals surface area (Å²) in [7, 11) is 0. The number of hydrogen-bond donors (Lipinski definition) is 1. The van der Waals surface area contributed by atoms with Gasteiger partial charge in [0.25, 0.3) is 5.91 Å². The van der Waals surface area contributed by atoms with Crippen molar-refractivity contribution in [1.29, 1.82) is 0 Å².